The molecule has 5 nitrogen and oxygen atoms in total. The molecule has 1 heterocycles. The summed E-state index contributed by atoms with van der Waals surface area (Å²) in [5, 5.41) is 3.98. The lowest BCUT2D eigenvalue weighted by atomic mass is 10.2. The van der Waals surface area contributed by atoms with Gasteiger partial charge in [0.25, 0.3) is 0 Å². The number of carbonyl (C=O) groups is 1. The van der Waals surface area contributed by atoms with Gasteiger partial charge in [0.1, 0.15) is 5.82 Å². The van der Waals surface area contributed by atoms with Crippen LogP contribution in [0.2, 0.25) is 0 Å². The van der Waals surface area contributed by atoms with Crippen molar-refractivity contribution in [1.82, 2.24) is 9.88 Å². The smallest absolute Gasteiger partial charge is 0.241 e. The Bertz CT molecular complexity index is 580. The van der Waals surface area contributed by atoms with Gasteiger partial charge in [-0.1, -0.05) is 0 Å². The van der Waals surface area contributed by atoms with E-state index in [0.717, 1.165) is 10.9 Å². The molecular formula is C13H16N4O. The third-order valence-corrected chi connectivity index (χ3v) is 2.63. The number of nitrogen functional groups attached to an aromatic ring is 1. The van der Waals surface area contributed by atoms with Crippen molar-refractivity contribution in [2.75, 3.05) is 31.7 Å². The molecule has 1 aromatic heterocycles. The minimum atomic E-state index is 0.00852. The second-order valence-corrected chi connectivity index (χ2v) is 4.29. The summed E-state index contributed by atoms with van der Waals surface area (Å²) in [7, 11) is 3.45. The summed E-state index contributed by atoms with van der Waals surface area (Å²) in [4.78, 5) is 17.4. The average Bonchev–Trinajstić information content (AvgIpc) is 2.35. The van der Waals surface area contributed by atoms with E-state index in [1.165, 1.54) is 4.90 Å². The Morgan fingerprint density at radius 3 is 2.83 bits per heavy atom. The molecule has 18 heavy (non-hydrogen) atoms. The molecule has 0 atom stereocenters. The van der Waals surface area contributed by atoms with Gasteiger partial charge in [-0.2, -0.15) is 0 Å². The molecule has 0 saturated heterocycles. The number of amides is 1. The molecule has 1 amide bonds. The van der Waals surface area contributed by atoms with Crippen LogP contribution in [-0.4, -0.2) is 36.4 Å². The summed E-state index contributed by atoms with van der Waals surface area (Å²) in [5.41, 5.74) is 7.27. The first kappa shape index (κ1) is 12.2. The largest absolute Gasteiger partial charge is 0.399 e. The van der Waals surface area contributed by atoms with Gasteiger partial charge in [0.05, 0.1) is 12.1 Å². The fourth-order valence-electron chi connectivity index (χ4n) is 1.57. The summed E-state index contributed by atoms with van der Waals surface area (Å²) in [6.45, 7) is 0.237. The van der Waals surface area contributed by atoms with Crippen molar-refractivity contribution in [2.45, 2.75) is 0 Å². The number of aromatic nitrogens is 1. The Morgan fingerprint density at radius 2 is 2.11 bits per heavy atom. The number of nitrogens with one attached hydrogen (secondary N) is 1. The lowest BCUT2D eigenvalue weighted by Crippen LogP contribution is -2.28. The summed E-state index contributed by atoms with van der Waals surface area (Å²) < 4.78 is 0. The second kappa shape index (κ2) is 4.91. The molecule has 1 aromatic carbocycles. The number of fused-ring (bicyclic) bond motifs is 1. The molecule has 0 fully saturated rings. The topological polar surface area (TPSA) is 71.2 Å². The highest BCUT2D eigenvalue weighted by Gasteiger charge is 2.04. The molecule has 0 unspecified atom stereocenters. The summed E-state index contributed by atoms with van der Waals surface area (Å²) >= 11 is 0. The third-order valence-electron chi connectivity index (χ3n) is 2.63. The number of nitrogens with zero attached hydrogens (tertiary/aromatic N) is 2. The highest BCUT2D eigenvalue weighted by molar-refractivity contribution is 5.84. The van der Waals surface area contributed by atoms with Crippen LogP contribution < -0.4 is 11.1 Å². The molecule has 5 heteroatoms. The van der Waals surface area contributed by atoms with Gasteiger partial charge in [0.15, 0.2) is 0 Å². The van der Waals surface area contributed by atoms with Gasteiger partial charge < -0.3 is 16.0 Å². The van der Waals surface area contributed by atoms with Crippen LogP contribution in [0.3, 0.4) is 0 Å². The van der Waals surface area contributed by atoms with E-state index in [0.29, 0.717) is 11.5 Å². The summed E-state index contributed by atoms with van der Waals surface area (Å²) in [6.07, 6.45) is 0. The maximum Gasteiger partial charge on any atom is 0.241 e. The minimum Gasteiger partial charge on any atom is -0.399 e. The highest BCUT2D eigenvalue weighted by atomic mass is 16.2. The number of benzene rings is 1. The summed E-state index contributed by atoms with van der Waals surface area (Å²) in [6, 6.07) is 9.32. The maximum absolute atomic E-state index is 11.4. The van der Waals surface area contributed by atoms with Crippen molar-refractivity contribution in [3.8, 4) is 0 Å². The van der Waals surface area contributed by atoms with Crippen LogP contribution in [0, 0.1) is 0 Å². The first-order chi connectivity index (χ1) is 8.56. The number of hydrogen-bond donors (Lipinski definition) is 2. The normalized spacial score (nSPS) is 10.3. The van der Waals surface area contributed by atoms with Crippen molar-refractivity contribution in [3.63, 3.8) is 0 Å². The Kier molecular flexibility index (Phi) is 3.32. The average molecular weight is 244 g/mol. The molecule has 0 radical (unpaired) electrons. The number of hydrogen-bond acceptors (Lipinski definition) is 4. The zero-order valence-corrected chi connectivity index (χ0v) is 10.5. The van der Waals surface area contributed by atoms with Gasteiger partial charge in [-0.05, 0) is 30.3 Å². The standard InChI is InChI=1S/C13H16N4O/c1-17(2)13(18)8-15-12-6-3-9-7-10(14)4-5-11(9)16-12/h3-7H,8,14H2,1-2H3,(H,15,16). The monoisotopic (exact) mass is 244 g/mol. The van der Waals surface area contributed by atoms with Crippen LogP contribution >= 0.6 is 0 Å². The molecule has 0 bridgehead atoms. The second-order valence-electron chi connectivity index (χ2n) is 4.29. The van der Waals surface area contributed by atoms with Gasteiger partial charge in [0.2, 0.25) is 5.91 Å². The lowest BCUT2D eigenvalue weighted by molar-refractivity contribution is -0.126. The van der Waals surface area contributed by atoms with Crippen molar-refractivity contribution >= 4 is 28.3 Å². The maximum atomic E-state index is 11.4. The molecule has 3 N–H and O–H groups in total. The van der Waals surface area contributed by atoms with Gasteiger partial charge >= 0.3 is 0 Å². The lowest BCUT2D eigenvalue weighted by Gasteiger charge is -2.11. The van der Waals surface area contributed by atoms with E-state index >= 15 is 0 Å². The minimum absolute atomic E-state index is 0.00852. The van der Waals surface area contributed by atoms with E-state index in [4.69, 9.17) is 5.73 Å². The summed E-state index contributed by atoms with van der Waals surface area (Å²) in [5.74, 6) is 0.691. The van der Waals surface area contributed by atoms with Crippen molar-refractivity contribution in [3.05, 3.63) is 30.3 Å². The van der Waals surface area contributed by atoms with E-state index in [-0.39, 0.29) is 12.5 Å². The molecule has 94 valence electrons. The van der Waals surface area contributed by atoms with E-state index < -0.39 is 0 Å². The van der Waals surface area contributed by atoms with Crippen molar-refractivity contribution in [1.29, 1.82) is 0 Å². The molecule has 2 rings (SSSR count). The number of rotatable bonds is 3. The van der Waals surface area contributed by atoms with E-state index in [1.807, 2.05) is 30.3 Å². The highest BCUT2D eigenvalue weighted by Crippen LogP contribution is 2.17. The number of nitrogens with two attached hydrogens (primary N) is 1. The number of anilines is 2. The first-order valence-electron chi connectivity index (χ1n) is 5.66. The van der Waals surface area contributed by atoms with Gasteiger partial charge in [-0.15, -0.1) is 0 Å². The SMILES string of the molecule is CN(C)C(=O)CNc1ccc2cc(N)ccc2n1. The molecular weight excluding hydrogens is 228 g/mol. The van der Waals surface area contributed by atoms with Crippen LogP contribution in [0.15, 0.2) is 30.3 Å². The molecule has 0 aliphatic heterocycles. The van der Waals surface area contributed by atoms with Crippen molar-refractivity contribution < 1.29 is 4.79 Å². The molecule has 0 aliphatic carbocycles. The van der Waals surface area contributed by atoms with Gasteiger partial charge in [-0.3, -0.25) is 4.79 Å². The van der Waals surface area contributed by atoms with Gasteiger partial charge in [0, 0.05) is 25.2 Å². The molecule has 0 spiro atoms. The van der Waals surface area contributed by atoms with E-state index in [9.17, 15) is 4.79 Å². The third kappa shape index (κ3) is 2.68. The molecule has 0 aliphatic rings. The van der Waals surface area contributed by atoms with E-state index in [2.05, 4.69) is 10.3 Å². The fourth-order valence-corrected chi connectivity index (χ4v) is 1.57. The fraction of sp³-hybridized carbons (Fsp3) is 0.231. The molecule has 2 aromatic rings. The predicted octanol–water partition coefficient (Wildman–Crippen LogP) is 1.32. The Labute approximate surface area is 106 Å². The van der Waals surface area contributed by atoms with Crippen LogP contribution in [0.1, 0.15) is 0 Å². The Hall–Kier alpha value is -2.30. The predicted molar refractivity (Wildman–Crippen MR) is 73.3 cm³/mol. The Morgan fingerprint density at radius 1 is 1.33 bits per heavy atom. The molecule has 0 saturated carbocycles. The zero-order valence-electron chi connectivity index (χ0n) is 10.5. The number of pyridine rings is 1. The zero-order chi connectivity index (χ0) is 13.1. The van der Waals surface area contributed by atoms with Crippen LogP contribution in [0.25, 0.3) is 10.9 Å². The van der Waals surface area contributed by atoms with Crippen LogP contribution in [0.5, 0.6) is 0 Å². The first-order valence-corrected chi connectivity index (χ1v) is 5.66. The van der Waals surface area contributed by atoms with Crippen LogP contribution in [-0.2, 0) is 4.79 Å². The van der Waals surface area contributed by atoms with Crippen molar-refractivity contribution in [2.24, 2.45) is 0 Å². The van der Waals surface area contributed by atoms with Crippen LogP contribution in [0.4, 0.5) is 11.5 Å². The van der Waals surface area contributed by atoms with Gasteiger partial charge in [-0.25, -0.2) is 4.98 Å². The number of likely N-dealkylation sites (N-methyl/N-ethyl adjacent to an activating group) is 1. The quantitative estimate of drug-likeness (QED) is 0.799. The van der Waals surface area contributed by atoms with E-state index in [1.54, 1.807) is 14.1 Å². The Balaban J connectivity index is 2.15. The number of carbonyl (C=O) groups excluding carboxylic acids is 1.